The van der Waals surface area contributed by atoms with E-state index in [4.69, 9.17) is 10.5 Å². The third-order valence-electron chi connectivity index (χ3n) is 5.60. The van der Waals surface area contributed by atoms with Crippen molar-refractivity contribution in [1.29, 1.82) is 0 Å². The van der Waals surface area contributed by atoms with E-state index in [0.29, 0.717) is 28.0 Å². The maximum atomic E-state index is 13.9. The Morgan fingerprint density at radius 1 is 0.973 bits per heavy atom. The van der Waals surface area contributed by atoms with E-state index in [1.54, 1.807) is 37.6 Å². The fourth-order valence-corrected chi connectivity index (χ4v) is 3.86. The predicted molar refractivity (Wildman–Crippen MR) is 143 cm³/mol. The van der Waals surface area contributed by atoms with Crippen molar-refractivity contribution in [2.45, 2.75) is 0 Å². The van der Waals surface area contributed by atoms with Crippen molar-refractivity contribution >= 4 is 34.8 Å². The van der Waals surface area contributed by atoms with E-state index >= 15 is 0 Å². The molecule has 0 fully saturated rings. The lowest BCUT2D eigenvalue weighted by molar-refractivity contribution is -0.113. The summed E-state index contributed by atoms with van der Waals surface area (Å²) in [5.74, 6) is 0.405. The maximum absolute atomic E-state index is 13.9. The van der Waals surface area contributed by atoms with E-state index in [0.717, 1.165) is 11.4 Å². The molecule has 0 aliphatic heterocycles. The third-order valence-corrected chi connectivity index (χ3v) is 5.60. The Morgan fingerprint density at radius 3 is 2.43 bits per heavy atom. The molecule has 0 unspecified atom stereocenters. The molecule has 1 amide bonds. The van der Waals surface area contributed by atoms with Crippen molar-refractivity contribution in [2.75, 3.05) is 12.4 Å². The smallest absolute Gasteiger partial charge is 0.283 e. The molecule has 0 atom stereocenters. The summed E-state index contributed by atoms with van der Waals surface area (Å²) in [5, 5.41) is 3.15. The van der Waals surface area contributed by atoms with Crippen molar-refractivity contribution in [2.24, 2.45) is 5.73 Å². The number of primary amides is 1. The summed E-state index contributed by atoms with van der Waals surface area (Å²) in [5.41, 5.74) is 8.46. The molecule has 3 N–H and O–H groups in total. The molecule has 0 saturated carbocycles. The molecule has 2 aromatic heterocycles. The number of anilines is 2. The fraction of sp³-hybridized carbons (Fsp3) is 0.0357. The van der Waals surface area contributed by atoms with Crippen LogP contribution >= 0.6 is 0 Å². The molecule has 5 aromatic rings. The lowest BCUT2D eigenvalue weighted by Crippen LogP contribution is -2.24. The fourth-order valence-electron chi connectivity index (χ4n) is 3.86. The van der Waals surface area contributed by atoms with Crippen LogP contribution in [0.3, 0.4) is 0 Å². The molecule has 9 heteroatoms. The second kappa shape index (κ2) is 10.1. The van der Waals surface area contributed by atoms with Crippen LogP contribution in [0.4, 0.5) is 11.6 Å². The van der Waals surface area contributed by atoms with Gasteiger partial charge in [0, 0.05) is 17.3 Å². The molecule has 3 aromatic carbocycles. The summed E-state index contributed by atoms with van der Waals surface area (Å²) in [6.45, 7) is 0. The van der Waals surface area contributed by atoms with Crippen LogP contribution in [0.15, 0.2) is 95.9 Å². The highest BCUT2D eigenvalue weighted by molar-refractivity contribution is 5.91. The predicted octanol–water partition coefficient (Wildman–Crippen LogP) is 4.09. The van der Waals surface area contributed by atoms with Crippen LogP contribution < -0.4 is 21.3 Å². The average molecular weight is 491 g/mol. The number of carbonyl (C=O) groups excluding carboxylic acids is 1. The Kier molecular flexibility index (Phi) is 6.41. The van der Waals surface area contributed by atoms with Gasteiger partial charge in [-0.1, -0.05) is 48.5 Å². The molecule has 5 rings (SSSR count). The van der Waals surface area contributed by atoms with Gasteiger partial charge in [0.05, 0.1) is 19.0 Å². The normalized spacial score (nSPS) is 11.1. The Hall–Kier alpha value is -5.31. The number of benzene rings is 3. The first-order chi connectivity index (χ1) is 18.0. The summed E-state index contributed by atoms with van der Waals surface area (Å²) < 4.78 is 6.69. The number of nitrogens with one attached hydrogen (secondary N) is 1. The van der Waals surface area contributed by atoms with Crippen LogP contribution in [-0.2, 0) is 4.79 Å². The molecule has 0 saturated heterocycles. The maximum Gasteiger partial charge on any atom is 0.283 e. The van der Waals surface area contributed by atoms with Crippen LogP contribution in [0, 0.1) is 0 Å². The van der Waals surface area contributed by atoms with Gasteiger partial charge in [0.15, 0.2) is 5.65 Å². The van der Waals surface area contributed by atoms with E-state index in [1.807, 2.05) is 60.7 Å². The second-order valence-electron chi connectivity index (χ2n) is 8.02. The number of ether oxygens (including phenoxy) is 1. The topological polar surface area (TPSA) is 125 Å². The molecule has 0 spiro atoms. The van der Waals surface area contributed by atoms with E-state index in [-0.39, 0.29) is 17.2 Å². The number of methoxy groups -OCH3 is 1. The van der Waals surface area contributed by atoms with Gasteiger partial charge in [0.2, 0.25) is 11.9 Å². The van der Waals surface area contributed by atoms with Crippen molar-refractivity contribution < 1.29 is 9.53 Å². The number of hydrogen-bond donors (Lipinski definition) is 2. The van der Waals surface area contributed by atoms with Crippen LogP contribution in [-0.4, -0.2) is 32.5 Å². The number of fused-ring (bicyclic) bond motifs is 1. The van der Waals surface area contributed by atoms with Gasteiger partial charge >= 0.3 is 0 Å². The standard InChI is InChI=1S/C28H22N6O3/c1-37-21-14-12-20(13-15-21)31-28-30-17-22-26(33-28)34(23-10-6-5-7-18(23)11-16-24(29)35)27(36)25(32-22)19-8-3-2-4-9-19/h2-17H,1H3,(H2,29,35)(H,30,31,33). The first kappa shape index (κ1) is 23.4. The van der Waals surface area contributed by atoms with Gasteiger partial charge in [-0.05, 0) is 42.0 Å². The zero-order valence-electron chi connectivity index (χ0n) is 19.8. The number of rotatable bonds is 7. The quantitative estimate of drug-likeness (QED) is 0.329. The number of para-hydroxylation sites is 1. The van der Waals surface area contributed by atoms with Gasteiger partial charge < -0.3 is 15.8 Å². The first-order valence-electron chi connectivity index (χ1n) is 11.4. The number of nitrogens with two attached hydrogens (primary N) is 1. The number of hydrogen-bond acceptors (Lipinski definition) is 7. The number of carbonyl (C=O) groups is 1. The monoisotopic (exact) mass is 490 g/mol. The Labute approximate surface area is 211 Å². The van der Waals surface area contributed by atoms with Crippen molar-refractivity contribution in [3.8, 4) is 22.7 Å². The van der Waals surface area contributed by atoms with Crippen molar-refractivity contribution in [1.82, 2.24) is 19.5 Å². The zero-order valence-corrected chi connectivity index (χ0v) is 19.8. The molecule has 0 bridgehead atoms. The summed E-state index contributed by atoms with van der Waals surface area (Å²) >= 11 is 0. The van der Waals surface area contributed by atoms with Gasteiger partial charge in [-0.2, -0.15) is 4.98 Å². The summed E-state index contributed by atoms with van der Waals surface area (Å²) in [6, 6.07) is 23.6. The van der Waals surface area contributed by atoms with Gasteiger partial charge in [-0.3, -0.25) is 14.2 Å². The van der Waals surface area contributed by atoms with Gasteiger partial charge in [-0.25, -0.2) is 9.97 Å². The molecule has 0 radical (unpaired) electrons. The SMILES string of the molecule is COc1ccc(Nc2ncc3nc(-c4ccccc4)c(=O)n(-c4ccccc4C=CC(N)=O)c3n2)cc1. The van der Waals surface area contributed by atoms with Crippen LogP contribution in [0.1, 0.15) is 5.56 Å². The van der Waals surface area contributed by atoms with Gasteiger partial charge in [-0.15, -0.1) is 0 Å². The van der Waals surface area contributed by atoms with Crippen molar-refractivity contribution in [3.05, 3.63) is 107 Å². The molecular formula is C28H22N6O3. The molecule has 0 aliphatic carbocycles. The minimum Gasteiger partial charge on any atom is -0.497 e. The van der Waals surface area contributed by atoms with E-state index in [1.165, 1.54) is 10.6 Å². The highest BCUT2D eigenvalue weighted by Gasteiger charge is 2.18. The van der Waals surface area contributed by atoms with E-state index in [9.17, 15) is 9.59 Å². The highest BCUT2D eigenvalue weighted by Crippen LogP contribution is 2.24. The van der Waals surface area contributed by atoms with Crippen LogP contribution in [0.2, 0.25) is 0 Å². The van der Waals surface area contributed by atoms with E-state index in [2.05, 4.69) is 20.3 Å². The minimum absolute atomic E-state index is 0.251. The van der Waals surface area contributed by atoms with Crippen LogP contribution in [0.5, 0.6) is 5.75 Å². The average Bonchev–Trinajstić information content (AvgIpc) is 2.93. The summed E-state index contributed by atoms with van der Waals surface area (Å²) in [4.78, 5) is 39.0. The largest absolute Gasteiger partial charge is 0.497 e. The number of amides is 1. The Morgan fingerprint density at radius 2 is 1.70 bits per heavy atom. The minimum atomic E-state index is -0.597. The lowest BCUT2D eigenvalue weighted by atomic mass is 10.1. The van der Waals surface area contributed by atoms with E-state index < -0.39 is 5.91 Å². The second-order valence-corrected chi connectivity index (χ2v) is 8.02. The molecule has 182 valence electrons. The number of aromatic nitrogens is 4. The van der Waals surface area contributed by atoms with Gasteiger partial charge in [0.25, 0.3) is 5.56 Å². The van der Waals surface area contributed by atoms with Crippen molar-refractivity contribution in [3.63, 3.8) is 0 Å². The molecule has 37 heavy (non-hydrogen) atoms. The Balaban J connectivity index is 1.73. The third kappa shape index (κ3) is 4.92. The molecule has 2 heterocycles. The Bertz CT molecular complexity index is 1680. The lowest BCUT2D eigenvalue weighted by Gasteiger charge is -2.15. The highest BCUT2D eigenvalue weighted by atomic mass is 16.5. The zero-order chi connectivity index (χ0) is 25.8. The summed E-state index contributed by atoms with van der Waals surface area (Å²) in [6.07, 6.45) is 4.38. The number of nitrogens with zero attached hydrogens (tertiary/aromatic N) is 4. The molecule has 0 aliphatic rings. The van der Waals surface area contributed by atoms with Crippen LogP contribution in [0.25, 0.3) is 34.2 Å². The summed E-state index contributed by atoms with van der Waals surface area (Å²) in [7, 11) is 1.60. The first-order valence-corrected chi connectivity index (χ1v) is 11.4. The molecule has 9 nitrogen and oxygen atoms in total. The molecular weight excluding hydrogens is 468 g/mol. The van der Waals surface area contributed by atoms with Gasteiger partial charge in [0.1, 0.15) is 17.0 Å².